The molecular weight excluding hydrogens is 166 g/mol. The van der Waals surface area contributed by atoms with Crippen LogP contribution in [-0.4, -0.2) is 17.7 Å². The summed E-state index contributed by atoms with van der Waals surface area (Å²) in [5, 5.41) is 2.71. The van der Waals surface area contributed by atoms with Crippen molar-refractivity contribution < 1.29 is 9.59 Å². The maximum Gasteiger partial charge on any atom is 0.220 e. The lowest BCUT2D eigenvalue weighted by molar-refractivity contribution is -0.127. The number of amides is 1. The monoisotopic (exact) mass is 185 g/mol. The van der Waals surface area contributed by atoms with Gasteiger partial charge < -0.3 is 5.32 Å². The van der Waals surface area contributed by atoms with E-state index in [-0.39, 0.29) is 17.7 Å². The van der Waals surface area contributed by atoms with Crippen molar-refractivity contribution in [3.05, 3.63) is 0 Å². The van der Waals surface area contributed by atoms with Crippen molar-refractivity contribution in [2.45, 2.75) is 46.6 Å². The van der Waals surface area contributed by atoms with Crippen molar-refractivity contribution in [2.75, 3.05) is 0 Å². The summed E-state index contributed by atoms with van der Waals surface area (Å²) in [6.07, 6.45) is 1.16. The molecule has 0 rings (SSSR count). The summed E-state index contributed by atoms with van der Waals surface area (Å²) in [4.78, 5) is 22.2. The Kier molecular flexibility index (Phi) is 5.35. The van der Waals surface area contributed by atoms with E-state index in [1.807, 2.05) is 20.8 Å². The normalized spacial score (nSPS) is 12.7. The van der Waals surface area contributed by atoms with Gasteiger partial charge in [-0.25, -0.2) is 0 Å². The van der Waals surface area contributed by atoms with Gasteiger partial charge in [-0.3, -0.25) is 9.59 Å². The molecule has 1 atom stereocenters. The van der Waals surface area contributed by atoms with E-state index in [0.29, 0.717) is 18.8 Å². The first-order valence-electron chi connectivity index (χ1n) is 4.77. The topological polar surface area (TPSA) is 46.2 Å². The van der Waals surface area contributed by atoms with Crippen LogP contribution < -0.4 is 5.32 Å². The molecule has 13 heavy (non-hydrogen) atoms. The lowest BCUT2D eigenvalue weighted by atomic mass is 10.1. The third-order valence-corrected chi connectivity index (χ3v) is 1.83. The number of carbonyl (C=O) groups excluding carboxylic acids is 2. The molecule has 76 valence electrons. The van der Waals surface area contributed by atoms with Crippen molar-refractivity contribution in [3.63, 3.8) is 0 Å². The van der Waals surface area contributed by atoms with Crippen LogP contribution in [0.5, 0.6) is 0 Å². The molecule has 0 bridgehead atoms. The molecule has 1 unspecified atom stereocenters. The minimum atomic E-state index is -0.300. The molecule has 0 heterocycles. The van der Waals surface area contributed by atoms with Crippen LogP contribution in [0.1, 0.15) is 40.5 Å². The number of hydrogen-bond donors (Lipinski definition) is 1. The Balaban J connectivity index is 3.94. The lowest BCUT2D eigenvalue weighted by Crippen LogP contribution is -2.39. The Morgan fingerprint density at radius 3 is 2.15 bits per heavy atom. The molecule has 0 saturated heterocycles. The average molecular weight is 185 g/mol. The van der Waals surface area contributed by atoms with Gasteiger partial charge in [0.1, 0.15) is 0 Å². The quantitative estimate of drug-likeness (QED) is 0.705. The molecule has 0 aromatic heterocycles. The summed E-state index contributed by atoms with van der Waals surface area (Å²) in [5.41, 5.74) is 0. The summed E-state index contributed by atoms with van der Waals surface area (Å²) in [6.45, 7) is 7.36. The molecule has 1 amide bonds. The third kappa shape index (κ3) is 5.39. The molecule has 0 aliphatic rings. The standard InChI is InChI=1S/C10H19NO2/c1-5-9(8(4)12)11-10(13)6-7(2)3/h7,9H,5-6H2,1-4H3,(H,11,13). The zero-order valence-corrected chi connectivity index (χ0v) is 8.89. The fraction of sp³-hybridized carbons (Fsp3) is 0.800. The number of nitrogens with one attached hydrogen (secondary N) is 1. The van der Waals surface area contributed by atoms with Crippen molar-refractivity contribution >= 4 is 11.7 Å². The number of hydrogen-bond acceptors (Lipinski definition) is 2. The van der Waals surface area contributed by atoms with E-state index in [0.717, 1.165) is 0 Å². The Morgan fingerprint density at radius 1 is 1.31 bits per heavy atom. The Hall–Kier alpha value is -0.860. The zero-order valence-electron chi connectivity index (χ0n) is 8.89. The lowest BCUT2D eigenvalue weighted by Gasteiger charge is -2.14. The fourth-order valence-electron chi connectivity index (χ4n) is 1.12. The van der Waals surface area contributed by atoms with E-state index in [1.165, 1.54) is 6.92 Å². The van der Waals surface area contributed by atoms with E-state index in [1.54, 1.807) is 0 Å². The van der Waals surface area contributed by atoms with Crippen LogP contribution in [-0.2, 0) is 9.59 Å². The van der Waals surface area contributed by atoms with Crippen molar-refractivity contribution in [3.8, 4) is 0 Å². The van der Waals surface area contributed by atoms with Gasteiger partial charge in [0.25, 0.3) is 0 Å². The van der Waals surface area contributed by atoms with Crippen LogP contribution in [0, 0.1) is 5.92 Å². The predicted molar refractivity (Wildman–Crippen MR) is 52.4 cm³/mol. The smallest absolute Gasteiger partial charge is 0.220 e. The van der Waals surface area contributed by atoms with Gasteiger partial charge in [0.15, 0.2) is 5.78 Å². The van der Waals surface area contributed by atoms with Crippen LogP contribution in [0.4, 0.5) is 0 Å². The number of ketones is 1. The molecule has 0 fully saturated rings. The second-order valence-corrected chi connectivity index (χ2v) is 3.74. The Morgan fingerprint density at radius 2 is 1.85 bits per heavy atom. The van der Waals surface area contributed by atoms with Crippen molar-refractivity contribution in [1.82, 2.24) is 5.32 Å². The van der Waals surface area contributed by atoms with Crippen LogP contribution in [0.15, 0.2) is 0 Å². The Bertz CT molecular complexity index is 187. The molecule has 1 N–H and O–H groups in total. The first kappa shape index (κ1) is 12.1. The molecule has 0 spiro atoms. The fourth-order valence-corrected chi connectivity index (χ4v) is 1.12. The predicted octanol–water partition coefficient (Wildman–Crippen LogP) is 1.52. The highest BCUT2D eigenvalue weighted by Crippen LogP contribution is 2.00. The number of rotatable bonds is 5. The summed E-state index contributed by atoms with van der Waals surface area (Å²) in [6, 6.07) is -0.300. The zero-order chi connectivity index (χ0) is 10.4. The first-order valence-corrected chi connectivity index (χ1v) is 4.77. The van der Waals surface area contributed by atoms with Crippen molar-refractivity contribution in [2.24, 2.45) is 5.92 Å². The molecule has 0 saturated carbocycles. The van der Waals surface area contributed by atoms with E-state index in [2.05, 4.69) is 5.32 Å². The molecule has 3 nitrogen and oxygen atoms in total. The van der Waals surface area contributed by atoms with E-state index in [9.17, 15) is 9.59 Å². The highest BCUT2D eigenvalue weighted by Gasteiger charge is 2.14. The minimum Gasteiger partial charge on any atom is -0.346 e. The van der Waals surface area contributed by atoms with Crippen LogP contribution >= 0.6 is 0 Å². The van der Waals surface area contributed by atoms with Gasteiger partial charge in [0, 0.05) is 6.42 Å². The second-order valence-electron chi connectivity index (χ2n) is 3.74. The van der Waals surface area contributed by atoms with E-state index < -0.39 is 0 Å². The van der Waals surface area contributed by atoms with E-state index >= 15 is 0 Å². The van der Waals surface area contributed by atoms with Gasteiger partial charge in [0.05, 0.1) is 6.04 Å². The van der Waals surface area contributed by atoms with Crippen LogP contribution in [0.3, 0.4) is 0 Å². The van der Waals surface area contributed by atoms with Gasteiger partial charge in [-0.2, -0.15) is 0 Å². The van der Waals surface area contributed by atoms with Crippen LogP contribution in [0.2, 0.25) is 0 Å². The van der Waals surface area contributed by atoms with Gasteiger partial charge in [0.2, 0.25) is 5.91 Å². The average Bonchev–Trinajstić information content (AvgIpc) is 1.98. The number of Topliss-reactive ketones (excluding diaryl/α,β-unsaturated/α-hetero) is 1. The van der Waals surface area contributed by atoms with Gasteiger partial charge in [-0.1, -0.05) is 20.8 Å². The molecule has 0 aliphatic carbocycles. The van der Waals surface area contributed by atoms with Gasteiger partial charge >= 0.3 is 0 Å². The second kappa shape index (κ2) is 5.73. The first-order chi connectivity index (χ1) is 5.97. The maximum atomic E-state index is 11.3. The van der Waals surface area contributed by atoms with Crippen LogP contribution in [0.25, 0.3) is 0 Å². The molecule has 0 radical (unpaired) electrons. The molecule has 0 aromatic rings. The summed E-state index contributed by atoms with van der Waals surface area (Å²) in [5.74, 6) is 0.334. The van der Waals surface area contributed by atoms with Crippen molar-refractivity contribution in [1.29, 1.82) is 0 Å². The molecule has 3 heteroatoms. The van der Waals surface area contributed by atoms with Gasteiger partial charge in [-0.15, -0.1) is 0 Å². The van der Waals surface area contributed by atoms with E-state index in [4.69, 9.17) is 0 Å². The number of carbonyl (C=O) groups is 2. The summed E-state index contributed by atoms with van der Waals surface area (Å²) < 4.78 is 0. The molecular formula is C10H19NO2. The molecule has 0 aromatic carbocycles. The minimum absolute atomic E-state index is 0.0274. The third-order valence-electron chi connectivity index (χ3n) is 1.83. The highest BCUT2D eigenvalue weighted by molar-refractivity contribution is 5.87. The SMILES string of the molecule is CCC(NC(=O)CC(C)C)C(C)=O. The largest absolute Gasteiger partial charge is 0.346 e. The maximum absolute atomic E-state index is 11.3. The Labute approximate surface area is 79.9 Å². The van der Waals surface area contributed by atoms with Gasteiger partial charge in [-0.05, 0) is 19.3 Å². The highest BCUT2D eigenvalue weighted by atomic mass is 16.2. The summed E-state index contributed by atoms with van der Waals surface area (Å²) in [7, 11) is 0. The summed E-state index contributed by atoms with van der Waals surface area (Å²) >= 11 is 0. The molecule has 0 aliphatic heterocycles.